The van der Waals surface area contributed by atoms with Crippen LogP contribution in [0.15, 0.2) is 57.9 Å². The van der Waals surface area contributed by atoms with Crippen molar-refractivity contribution in [3.8, 4) is 22.8 Å². The van der Waals surface area contributed by atoms with E-state index in [0.29, 0.717) is 27.7 Å². The second-order valence-electron chi connectivity index (χ2n) is 6.45. The van der Waals surface area contributed by atoms with Crippen molar-refractivity contribution in [2.24, 2.45) is 0 Å². The smallest absolute Gasteiger partial charge is 0.300 e. The highest BCUT2D eigenvalue weighted by Gasteiger charge is 2.20. The third-order valence-corrected chi connectivity index (χ3v) is 7.49. The van der Waals surface area contributed by atoms with Gasteiger partial charge in [0, 0.05) is 23.5 Å². The Morgan fingerprint density at radius 1 is 1.16 bits per heavy atom. The van der Waals surface area contributed by atoms with E-state index in [-0.39, 0.29) is 27.1 Å². The molecule has 0 fully saturated rings. The molecule has 166 valence electrons. The van der Waals surface area contributed by atoms with Gasteiger partial charge in [0.15, 0.2) is 0 Å². The number of methoxy groups -OCH3 is 1. The number of fused-ring (bicyclic) bond motifs is 1. The molecule has 0 atom stereocenters. The molecule has 0 saturated heterocycles. The highest BCUT2D eigenvalue weighted by atomic mass is 35.5. The number of nitrogens with one attached hydrogen (secondary N) is 1. The molecular formula is C20H17ClN4O5S2. The average molecular weight is 493 g/mol. The Bertz CT molecular complexity index is 1470. The van der Waals surface area contributed by atoms with E-state index in [0.717, 1.165) is 11.3 Å². The summed E-state index contributed by atoms with van der Waals surface area (Å²) in [6.07, 6.45) is 4.50. The number of anilines is 1. The van der Waals surface area contributed by atoms with Crippen molar-refractivity contribution in [2.45, 2.75) is 11.1 Å². The van der Waals surface area contributed by atoms with Gasteiger partial charge in [0.1, 0.15) is 15.5 Å². The van der Waals surface area contributed by atoms with Crippen LogP contribution in [-0.4, -0.2) is 36.5 Å². The van der Waals surface area contributed by atoms with Crippen LogP contribution in [0.3, 0.4) is 0 Å². The molecule has 0 aromatic carbocycles. The molecule has 0 amide bonds. The molecule has 32 heavy (non-hydrogen) atoms. The summed E-state index contributed by atoms with van der Waals surface area (Å²) in [6.45, 7) is 2.12. The lowest BCUT2D eigenvalue weighted by atomic mass is 10.1. The number of hydrogen-bond acceptors (Lipinski definition) is 8. The van der Waals surface area contributed by atoms with Crippen LogP contribution >= 0.6 is 22.9 Å². The standard InChI is InChI=1S/C20H17ClN4O5S2/c1-3-30-15-10-22-17-6-4-12(11-25(17)20(15)26)13-8-14(19(29-2)23-9-13)24-32(27,28)18-7-5-16(21)31-18/h4-11,24H,3H2,1-2H3. The molecule has 0 unspecified atom stereocenters. The normalized spacial score (nSPS) is 11.5. The first-order valence-corrected chi connectivity index (χ1v) is 12.0. The molecule has 0 saturated carbocycles. The number of halogens is 1. The van der Waals surface area contributed by atoms with E-state index in [1.54, 1.807) is 31.3 Å². The first-order chi connectivity index (χ1) is 15.3. The molecule has 4 aromatic rings. The Kier molecular flexibility index (Phi) is 6.04. The van der Waals surface area contributed by atoms with E-state index in [1.807, 2.05) is 0 Å². The molecule has 0 aliphatic heterocycles. The van der Waals surface area contributed by atoms with E-state index in [9.17, 15) is 13.2 Å². The lowest BCUT2D eigenvalue weighted by Gasteiger charge is -2.12. The maximum absolute atomic E-state index is 12.7. The highest BCUT2D eigenvalue weighted by Crippen LogP contribution is 2.32. The monoisotopic (exact) mass is 492 g/mol. The van der Waals surface area contributed by atoms with Crippen LogP contribution in [0.5, 0.6) is 11.6 Å². The van der Waals surface area contributed by atoms with Crippen molar-refractivity contribution in [1.82, 2.24) is 14.4 Å². The van der Waals surface area contributed by atoms with Crippen LogP contribution in [0.25, 0.3) is 16.8 Å². The van der Waals surface area contributed by atoms with Crippen LogP contribution < -0.4 is 19.8 Å². The lowest BCUT2D eigenvalue weighted by Crippen LogP contribution is -2.17. The second kappa shape index (κ2) is 8.77. The Morgan fingerprint density at radius 2 is 1.97 bits per heavy atom. The molecule has 9 nitrogen and oxygen atoms in total. The zero-order chi connectivity index (χ0) is 22.9. The predicted octanol–water partition coefficient (Wildman–Crippen LogP) is 3.68. The summed E-state index contributed by atoms with van der Waals surface area (Å²) in [5, 5.41) is 0. The van der Waals surface area contributed by atoms with Gasteiger partial charge in [-0.15, -0.1) is 11.3 Å². The number of thiophene rings is 1. The number of nitrogens with zero attached hydrogens (tertiary/aromatic N) is 3. The number of pyridine rings is 2. The third-order valence-electron chi connectivity index (χ3n) is 4.41. The largest absolute Gasteiger partial charge is 0.487 e. The van der Waals surface area contributed by atoms with E-state index in [4.69, 9.17) is 21.1 Å². The Morgan fingerprint density at radius 3 is 2.66 bits per heavy atom. The van der Waals surface area contributed by atoms with Crippen molar-refractivity contribution in [1.29, 1.82) is 0 Å². The number of rotatable bonds is 7. The van der Waals surface area contributed by atoms with Crippen molar-refractivity contribution in [3.63, 3.8) is 0 Å². The van der Waals surface area contributed by atoms with Gasteiger partial charge in [-0.25, -0.2) is 18.4 Å². The topological polar surface area (TPSA) is 112 Å². The fourth-order valence-electron chi connectivity index (χ4n) is 2.97. The van der Waals surface area contributed by atoms with Crippen LogP contribution in [0, 0.1) is 0 Å². The first kappa shape index (κ1) is 22.1. The maximum Gasteiger partial charge on any atom is 0.300 e. The Hall–Kier alpha value is -3.15. The van der Waals surface area contributed by atoms with E-state index < -0.39 is 10.0 Å². The van der Waals surface area contributed by atoms with Crippen LogP contribution in [0.1, 0.15) is 6.92 Å². The summed E-state index contributed by atoms with van der Waals surface area (Å²) in [5.74, 6) is 0.233. The summed E-state index contributed by atoms with van der Waals surface area (Å²) in [5.41, 5.74) is 1.41. The van der Waals surface area contributed by atoms with Gasteiger partial charge in [-0.2, -0.15) is 0 Å². The number of aromatic nitrogens is 3. The van der Waals surface area contributed by atoms with Crippen LogP contribution in [0.4, 0.5) is 5.69 Å². The minimum absolute atomic E-state index is 0.0572. The van der Waals surface area contributed by atoms with Crippen molar-refractivity contribution in [3.05, 3.63) is 63.6 Å². The van der Waals surface area contributed by atoms with Gasteiger partial charge in [0.05, 0.1) is 24.2 Å². The van der Waals surface area contributed by atoms with Crippen LogP contribution in [-0.2, 0) is 10.0 Å². The SMILES string of the molecule is CCOc1cnc2ccc(-c3cnc(OC)c(NS(=O)(=O)c4ccc(Cl)s4)c3)cn2c1=O. The zero-order valence-electron chi connectivity index (χ0n) is 16.9. The highest BCUT2D eigenvalue weighted by molar-refractivity contribution is 7.94. The van der Waals surface area contributed by atoms with Gasteiger partial charge < -0.3 is 9.47 Å². The molecule has 4 heterocycles. The molecule has 0 aliphatic carbocycles. The minimum Gasteiger partial charge on any atom is -0.487 e. The Labute approximate surface area is 192 Å². The van der Waals surface area contributed by atoms with Crippen LogP contribution in [0.2, 0.25) is 4.34 Å². The fourth-order valence-corrected chi connectivity index (χ4v) is 5.50. The summed E-state index contributed by atoms with van der Waals surface area (Å²) in [4.78, 5) is 21.1. The molecule has 4 aromatic heterocycles. The van der Waals surface area contributed by atoms with Gasteiger partial charge in [0.25, 0.3) is 15.6 Å². The first-order valence-electron chi connectivity index (χ1n) is 9.29. The van der Waals surface area contributed by atoms with Crippen molar-refractivity contribution in [2.75, 3.05) is 18.4 Å². The number of hydrogen-bond donors (Lipinski definition) is 1. The second-order valence-corrected chi connectivity index (χ2v) is 10.1. The van der Waals surface area contributed by atoms with E-state index in [2.05, 4.69) is 14.7 Å². The quantitative estimate of drug-likeness (QED) is 0.418. The van der Waals surface area contributed by atoms with Crippen molar-refractivity contribution < 1.29 is 17.9 Å². The summed E-state index contributed by atoms with van der Waals surface area (Å²) in [7, 11) is -2.51. The maximum atomic E-state index is 12.7. The van der Waals surface area contributed by atoms with Gasteiger partial charge in [0.2, 0.25) is 11.6 Å². The molecule has 1 N–H and O–H groups in total. The van der Waals surface area contributed by atoms with E-state index >= 15 is 0 Å². The van der Waals surface area contributed by atoms with Crippen molar-refractivity contribution >= 4 is 44.3 Å². The minimum atomic E-state index is -3.90. The molecular weight excluding hydrogens is 476 g/mol. The zero-order valence-corrected chi connectivity index (χ0v) is 19.3. The molecule has 0 bridgehead atoms. The molecule has 0 aliphatic rings. The van der Waals surface area contributed by atoms with Gasteiger partial charge in [-0.3, -0.25) is 13.9 Å². The molecule has 4 rings (SSSR count). The van der Waals surface area contributed by atoms with Gasteiger partial charge in [-0.1, -0.05) is 11.6 Å². The molecule has 0 radical (unpaired) electrons. The predicted molar refractivity (Wildman–Crippen MR) is 123 cm³/mol. The lowest BCUT2D eigenvalue weighted by molar-refractivity contribution is 0.333. The molecule has 12 heteroatoms. The summed E-state index contributed by atoms with van der Waals surface area (Å²) in [6, 6.07) is 7.92. The summed E-state index contributed by atoms with van der Waals surface area (Å²) < 4.78 is 40.3. The molecule has 0 spiro atoms. The average Bonchev–Trinajstić information content (AvgIpc) is 3.23. The third kappa shape index (κ3) is 4.27. The summed E-state index contributed by atoms with van der Waals surface area (Å²) >= 11 is 6.81. The Balaban J connectivity index is 1.77. The fraction of sp³-hybridized carbons (Fsp3) is 0.150. The van der Waals surface area contributed by atoms with E-state index in [1.165, 1.54) is 36.0 Å². The van der Waals surface area contributed by atoms with Gasteiger partial charge in [-0.05, 0) is 37.3 Å². The van der Waals surface area contributed by atoms with Gasteiger partial charge >= 0.3 is 0 Å². The number of ether oxygens (including phenoxy) is 2. The number of sulfonamides is 1.